The molecule has 5 heteroatoms. The fourth-order valence-corrected chi connectivity index (χ4v) is 1.97. The predicted octanol–water partition coefficient (Wildman–Crippen LogP) is 2.17. The first-order valence-corrected chi connectivity index (χ1v) is 6.53. The molecule has 1 aromatic carbocycles. The molecule has 0 atom stereocenters. The number of benzene rings is 1. The number of hydrogen-bond donors (Lipinski definition) is 2. The molecule has 1 amide bonds. The third kappa shape index (κ3) is 3.45. The number of rotatable bonds is 6. The van der Waals surface area contributed by atoms with Gasteiger partial charge in [0.15, 0.2) is 0 Å². The summed E-state index contributed by atoms with van der Waals surface area (Å²) in [6, 6.07) is 11.7. The van der Waals surface area contributed by atoms with Gasteiger partial charge in [0.2, 0.25) is 5.91 Å². The molecule has 0 aliphatic heterocycles. The summed E-state index contributed by atoms with van der Waals surface area (Å²) in [6.07, 6.45) is 1.93. The number of fused-ring (bicyclic) bond motifs is 1. The first-order valence-electron chi connectivity index (χ1n) is 6.53. The number of amides is 1. The summed E-state index contributed by atoms with van der Waals surface area (Å²) in [5.41, 5.74) is 6.46. The lowest BCUT2D eigenvalue weighted by Gasteiger charge is -2.08. The van der Waals surface area contributed by atoms with Crippen molar-refractivity contribution in [2.45, 2.75) is 19.3 Å². The highest BCUT2D eigenvalue weighted by Crippen LogP contribution is 2.19. The van der Waals surface area contributed by atoms with Crippen LogP contribution in [0.2, 0.25) is 0 Å². The highest BCUT2D eigenvalue weighted by atomic mass is 16.1. The van der Waals surface area contributed by atoms with Crippen LogP contribution < -0.4 is 11.1 Å². The van der Waals surface area contributed by atoms with Gasteiger partial charge in [0.25, 0.3) is 0 Å². The molecule has 20 heavy (non-hydrogen) atoms. The SMILES string of the molecule is N#Cc1cc2ccccc2nc1NCCCCC(N)=O. The van der Waals surface area contributed by atoms with E-state index in [1.54, 1.807) is 0 Å². The average molecular weight is 268 g/mol. The molecule has 0 radical (unpaired) electrons. The second kappa shape index (κ2) is 6.53. The second-order valence-electron chi connectivity index (χ2n) is 4.54. The Balaban J connectivity index is 2.05. The van der Waals surface area contributed by atoms with E-state index in [1.807, 2.05) is 30.3 Å². The first-order chi connectivity index (χ1) is 9.70. The predicted molar refractivity (Wildman–Crippen MR) is 78.0 cm³/mol. The van der Waals surface area contributed by atoms with E-state index >= 15 is 0 Å². The Bertz CT molecular complexity index is 660. The van der Waals surface area contributed by atoms with E-state index in [1.165, 1.54) is 0 Å². The topological polar surface area (TPSA) is 91.8 Å². The van der Waals surface area contributed by atoms with Crippen molar-refractivity contribution in [1.82, 2.24) is 4.98 Å². The van der Waals surface area contributed by atoms with Gasteiger partial charge in [0, 0.05) is 18.4 Å². The molecule has 0 bridgehead atoms. The number of nitrogens with two attached hydrogens (primary N) is 1. The molecule has 0 saturated heterocycles. The maximum Gasteiger partial charge on any atom is 0.217 e. The Morgan fingerprint density at radius 3 is 2.90 bits per heavy atom. The van der Waals surface area contributed by atoms with Gasteiger partial charge in [-0.15, -0.1) is 0 Å². The molecule has 3 N–H and O–H groups in total. The Morgan fingerprint density at radius 1 is 1.35 bits per heavy atom. The standard InChI is InChI=1S/C15H16N4O/c16-10-12-9-11-5-1-2-6-13(11)19-15(12)18-8-4-3-7-14(17)20/h1-2,5-6,9H,3-4,7-8H2,(H2,17,20)(H,18,19). The number of hydrogen-bond acceptors (Lipinski definition) is 4. The van der Waals surface area contributed by atoms with Crippen molar-refractivity contribution in [1.29, 1.82) is 5.26 Å². The minimum absolute atomic E-state index is 0.286. The van der Waals surface area contributed by atoms with Crippen molar-refractivity contribution < 1.29 is 4.79 Å². The normalized spacial score (nSPS) is 10.2. The van der Waals surface area contributed by atoms with Crippen LogP contribution in [0.25, 0.3) is 10.9 Å². The summed E-state index contributed by atoms with van der Waals surface area (Å²) in [7, 11) is 0. The summed E-state index contributed by atoms with van der Waals surface area (Å²) in [5.74, 6) is 0.303. The van der Waals surface area contributed by atoms with Crippen LogP contribution in [-0.4, -0.2) is 17.4 Å². The molecule has 102 valence electrons. The van der Waals surface area contributed by atoms with Crippen molar-refractivity contribution in [3.05, 3.63) is 35.9 Å². The number of carbonyl (C=O) groups is 1. The van der Waals surface area contributed by atoms with E-state index in [0.29, 0.717) is 24.3 Å². The van der Waals surface area contributed by atoms with Gasteiger partial charge in [-0.1, -0.05) is 18.2 Å². The highest BCUT2D eigenvalue weighted by molar-refractivity contribution is 5.82. The van der Waals surface area contributed by atoms with Gasteiger partial charge < -0.3 is 11.1 Å². The van der Waals surface area contributed by atoms with E-state index in [-0.39, 0.29) is 5.91 Å². The first kappa shape index (κ1) is 13.8. The fourth-order valence-electron chi connectivity index (χ4n) is 1.97. The molecular formula is C15H16N4O. The number of nitriles is 1. The molecule has 0 unspecified atom stereocenters. The Hall–Kier alpha value is -2.61. The Labute approximate surface area is 117 Å². The van der Waals surface area contributed by atoms with Gasteiger partial charge >= 0.3 is 0 Å². The van der Waals surface area contributed by atoms with Gasteiger partial charge in [-0.2, -0.15) is 5.26 Å². The molecule has 2 rings (SSSR count). The van der Waals surface area contributed by atoms with Crippen molar-refractivity contribution in [2.75, 3.05) is 11.9 Å². The molecule has 5 nitrogen and oxygen atoms in total. The van der Waals surface area contributed by atoms with E-state index < -0.39 is 0 Å². The largest absolute Gasteiger partial charge is 0.370 e. The molecule has 1 aromatic heterocycles. The van der Waals surface area contributed by atoms with Crippen molar-refractivity contribution in [3.63, 3.8) is 0 Å². The summed E-state index contributed by atoms with van der Waals surface area (Å²) < 4.78 is 0. The van der Waals surface area contributed by atoms with Crippen LogP contribution >= 0.6 is 0 Å². The van der Waals surface area contributed by atoms with Gasteiger partial charge in [0.1, 0.15) is 11.9 Å². The molecule has 1 heterocycles. The van der Waals surface area contributed by atoms with Crippen LogP contribution in [0, 0.1) is 11.3 Å². The minimum atomic E-state index is -0.286. The van der Waals surface area contributed by atoms with Crippen LogP contribution in [0.5, 0.6) is 0 Å². The van der Waals surface area contributed by atoms with E-state index in [0.717, 1.165) is 23.7 Å². The molecule has 0 aliphatic rings. The third-order valence-electron chi connectivity index (χ3n) is 2.99. The van der Waals surface area contributed by atoms with Gasteiger partial charge in [-0.3, -0.25) is 4.79 Å². The Morgan fingerprint density at radius 2 is 2.15 bits per heavy atom. The lowest BCUT2D eigenvalue weighted by atomic mass is 10.1. The lowest BCUT2D eigenvalue weighted by molar-refractivity contribution is -0.118. The third-order valence-corrected chi connectivity index (χ3v) is 2.99. The van der Waals surface area contributed by atoms with Crippen LogP contribution in [0.4, 0.5) is 5.82 Å². The summed E-state index contributed by atoms with van der Waals surface area (Å²) >= 11 is 0. The molecular weight excluding hydrogens is 252 g/mol. The van der Waals surface area contributed by atoms with Gasteiger partial charge in [-0.25, -0.2) is 4.98 Å². The van der Waals surface area contributed by atoms with Crippen molar-refractivity contribution in [2.24, 2.45) is 5.73 Å². The summed E-state index contributed by atoms with van der Waals surface area (Å²) in [5, 5.41) is 13.3. The number of pyridine rings is 1. The molecule has 2 aromatic rings. The van der Waals surface area contributed by atoms with Gasteiger partial charge in [-0.05, 0) is 25.0 Å². The van der Waals surface area contributed by atoms with E-state index in [2.05, 4.69) is 16.4 Å². The van der Waals surface area contributed by atoms with Crippen molar-refractivity contribution in [3.8, 4) is 6.07 Å². The van der Waals surface area contributed by atoms with Crippen molar-refractivity contribution >= 4 is 22.6 Å². The van der Waals surface area contributed by atoms with Crippen LogP contribution in [0.1, 0.15) is 24.8 Å². The number of anilines is 1. The van der Waals surface area contributed by atoms with Crippen LogP contribution in [-0.2, 0) is 4.79 Å². The molecule has 0 aliphatic carbocycles. The smallest absolute Gasteiger partial charge is 0.217 e. The fraction of sp³-hybridized carbons (Fsp3) is 0.267. The Kier molecular flexibility index (Phi) is 4.51. The number of nitrogens with zero attached hydrogens (tertiary/aromatic N) is 2. The number of nitrogens with one attached hydrogen (secondary N) is 1. The zero-order valence-corrected chi connectivity index (χ0v) is 11.1. The second-order valence-corrected chi connectivity index (χ2v) is 4.54. The van der Waals surface area contributed by atoms with Crippen LogP contribution in [0.15, 0.2) is 30.3 Å². The number of primary amides is 1. The number of aromatic nitrogens is 1. The number of unbranched alkanes of at least 4 members (excludes halogenated alkanes) is 1. The zero-order valence-electron chi connectivity index (χ0n) is 11.1. The monoisotopic (exact) mass is 268 g/mol. The lowest BCUT2D eigenvalue weighted by Crippen LogP contribution is -2.11. The average Bonchev–Trinajstić information content (AvgIpc) is 2.45. The maximum absolute atomic E-state index is 10.6. The maximum atomic E-state index is 10.6. The molecule has 0 fully saturated rings. The quantitative estimate of drug-likeness (QED) is 0.785. The molecule has 0 saturated carbocycles. The number of para-hydroxylation sites is 1. The van der Waals surface area contributed by atoms with Crippen LogP contribution in [0.3, 0.4) is 0 Å². The van der Waals surface area contributed by atoms with E-state index in [9.17, 15) is 4.79 Å². The zero-order chi connectivity index (χ0) is 14.4. The summed E-state index contributed by atoms with van der Waals surface area (Å²) in [6.45, 7) is 0.660. The van der Waals surface area contributed by atoms with Gasteiger partial charge in [0.05, 0.1) is 11.1 Å². The minimum Gasteiger partial charge on any atom is -0.370 e. The highest BCUT2D eigenvalue weighted by Gasteiger charge is 2.05. The number of carbonyl (C=O) groups excluding carboxylic acids is 1. The van der Waals surface area contributed by atoms with E-state index in [4.69, 9.17) is 11.0 Å². The molecule has 0 spiro atoms. The summed E-state index contributed by atoms with van der Waals surface area (Å²) in [4.78, 5) is 15.1.